The summed E-state index contributed by atoms with van der Waals surface area (Å²) in [6, 6.07) is 9.79. The van der Waals surface area contributed by atoms with Gasteiger partial charge in [-0.3, -0.25) is 5.32 Å². The second-order valence-corrected chi connectivity index (χ2v) is 5.51. The summed E-state index contributed by atoms with van der Waals surface area (Å²) in [4.78, 5) is 13.6. The van der Waals surface area contributed by atoms with Crippen molar-refractivity contribution in [3.63, 3.8) is 0 Å². The van der Waals surface area contributed by atoms with Gasteiger partial charge in [-0.05, 0) is 24.0 Å². The molecule has 0 unspecified atom stereocenters. The molecule has 0 atom stereocenters. The zero-order valence-corrected chi connectivity index (χ0v) is 12.9. The Kier molecular flexibility index (Phi) is 4.62. The van der Waals surface area contributed by atoms with Crippen molar-refractivity contribution in [1.29, 1.82) is 0 Å². The number of hydrogen-bond acceptors (Lipinski definition) is 3. The van der Waals surface area contributed by atoms with Crippen molar-refractivity contribution in [2.45, 2.75) is 33.2 Å². The quantitative estimate of drug-likeness (QED) is 0.931. The first kappa shape index (κ1) is 15.1. The van der Waals surface area contributed by atoms with Crippen molar-refractivity contribution >= 4 is 11.8 Å². The highest BCUT2D eigenvalue weighted by Crippen LogP contribution is 2.15. The second-order valence-electron chi connectivity index (χ2n) is 5.51. The Morgan fingerprint density at radius 1 is 1.33 bits per heavy atom. The minimum atomic E-state index is -0.212. The van der Waals surface area contributed by atoms with E-state index in [0.717, 1.165) is 5.56 Å². The summed E-state index contributed by atoms with van der Waals surface area (Å²) in [5.74, 6) is 1.60. The minimum absolute atomic E-state index is 0.212. The molecular weight excluding hydrogens is 266 g/mol. The average Bonchev–Trinajstić information content (AvgIpc) is 2.84. The van der Waals surface area contributed by atoms with Gasteiger partial charge in [-0.1, -0.05) is 43.3 Å². The maximum absolute atomic E-state index is 12.0. The van der Waals surface area contributed by atoms with Gasteiger partial charge in [-0.15, -0.1) is 0 Å². The molecule has 2 aromatic rings. The zero-order chi connectivity index (χ0) is 15.4. The Balaban J connectivity index is 1.93. The lowest BCUT2D eigenvalue weighted by Gasteiger charge is -2.17. The van der Waals surface area contributed by atoms with E-state index in [1.165, 1.54) is 5.56 Å². The summed E-state index contributed by atoms with van der Waals surface area (Å²) in [7, 11) is 1.75. The molecule has 1 heterocycles. The Bertz CT molecular complexity index is 602. The predicted molar refractivity (Wildman–Crippen MR) is 82.3 cm³/mol. The lowest BCUT2D eigenvalue weighted by atomic mass is 10.0. The third-order valence-corrected chi connectivity index (χ3v) is 3.28. The molecule has 0 saturated heterocycles. The number of amides is 2. The van der Waals surface area contributed by atoms with Gasteiger partial charge in [0.15, 0.2) is 5.82 Å². The fourth-order valence-corrected chi connectivity index (χ4v) is 1.98. The number of nitrogens with one attached hydrogen (secondary N) is 1. The molecule has 0 bridgehead atoms. The van der Waals surface area contributed by atoms with Gasteiger partial charge >= 0.3 is 6.03 Å². The highest BCUT2D eigenvalue weighted by molar-refractivity contribution is 5.88. The van der Waals surface area contributed by atoms with Crippen molar-refractivity contribution in [2.75, 3.05) is 12.4 Å². The van der Waals surface area contributed by atoms with Crippen LogP contribution in [0.5, 0.6) is 0 Å². The molecule has 5 heteroatoms. The van der Waals surface area contributed by atoms with Gasteiger partial charge in [0.1, 0.15) is 5.76 Å². The first-order valence-electron chi connectivity index (χ1n) is 7.00. The van der Waals surface area contributed by atoms with Crippen molar-refractivity contribution < 1.29 is 9.32 Å². The number of benzene rings is 1. The standard InChI is InChI=1S/C16H21N3O2/c1-11(2)14-7-5-13(6-8-14)10-19(4)16(20)17-15-9-12(3)21-18-15/h5-9,11H,10H2,1-4H3,(H,17,18,20). The van der Waals surface area contributed by atoms with E-state index in [1.807, 2.05) is 0 Å². The minimum Gasteiger partial charge on any atom is -0.360 e. The number of urea groups is 1. The summed E-state index contributed by atoms with van der Waals surface area (Å²) in [5, 5.41) is 6.44. The van der Waals surface area contributed by atoms with E-state index in [9.17, 15) is 4.79 Å². The monoisotopic (exact) mass is 287 g/mol. The average molecular weight is 287 g/mol. The number of aryl methyl sites for hydroxylation is 1. The number of rotatable bonds is 4. The molecule has 0 saturated carbocycles. The smallest absolute Gasteiger partial charge is 0.323 e. The van der Waals surface area contributed by atoms with Crippen LogP contribution >= 0.6 is 0 Å². The van der Waals surface area contributed by atoms with Crippen molar-refractivity contribution in [3.8, 4) is 0 Å². The molecule has 1 aromatic heterocycles. The van der Waals surface area contributed by atoms with Gasteiger partial charge in [0.05, 0.1) is 0 Å². The predicted octanol–water partition coefficient (Wildman–Crippen LogP) is 3.77. The summed E-state index contributed by atoms with van der Waals surface area (Å²) in [5.41, 5.74) is 2.39. The summed E-state index contributed by atoms with van der Waals surface area (Å²) < 4.78 is 4.92. The molecule has 2 rings (SSSR count). The number of aromatic nitrogens is 1. The third kappa shape index (κ3) is 4.08. The topological polar surface area (TPSA) is 58.4 Å². The normalized spacial score (nSPS) is 10.7. The van der Waals surface area contributed by atoms with Crippen LogP contribution in [0.15, 0.2) is 34.9 Å². The molecule has 0 aliphatic heterocycles. The number of anilines is 1. The Labute approximate surface area is 124 Å². The molecule has 0 radical (unpaired) electrons. The van der Waals surface area contributed by atoms with Crippen LogP contribution in [-0.2, 0) is 6.54 Å². The molecule has 21 heavy (non-hydrogen) atoms. The molecule has 0 aliphatic carbocycles. The lowest BCUT2D eigenvalue weighted by molar-refractivity contribution is 0.220. The van der Waals surface area contributed by atoms with E-state index >= 15 is 0 Å². The van der Waals surface area contributed by atoms with Crippen LogP contribution in [0.4, 0.5) is 10.6 Å². The summed E-state index contributed by atoms with van der Waals surface area (Å²) >= 11 is 0. The molecule has 5 nitrogen and oxygen atoms in total. The zero-order valence-electron chi connectivity index (χ0n) is 12.9. The van der Waals surface area contributed by atoms with E-state index in [-0.39, 0.29) is 6.03 Å². The van der Waals surface area contributed by atoms with Crippen LogP contribution in [0, 0.1) is 6.92 Å². The molecule has 0 spiro atoms. The van der Waals surface area contributed by atoms with E-state index in [0.29, 0.717) is 24.0 Å². The van der Waals surface area contributed by atoms with Gasteiger partial charge in [0, 0.05) is 19.7 Å². The van der Waals surface area contributed by atoms with Crippen LogP contribution in [0.25, 0.3) is 0 Å². The molecule has 1 aromatic carbocycles. The molecular formula is C16H21N3O2. The maximum atomic E-state index is 12.0. The van der Waals surface area contributed by atoms with E-state index < -0.39 is 0 Å². The maximum Gasteiger partial charge on any atom is 0.323 e. The van der Waals surface area contributed by atoms with Gasteiger partial charge in [0.2, 0.25) is 0 Å². The lowest BCUT2D eigenvalue weighted by Crippen LogP contribution is -2.30. The van der Waals surface area contributed by atoms with Crippen LogP contribution < -0.4 is 5.32 Å². The molecule has 0 fully saturated rings. The Morgan fingerprint density at radius 3 is 2.52 bits per heavy atom. The number of hydrogen-bond donors (Lipinski definition) is 1. The fourth-order valence-electron chi connectivity index (χ4n) is 1.98. The van der Waals surface area contributed by atoms with Gasteiger partial charge in [-0.2, -0.15) is 0 Å². The van der Waals surface area contributed by atoms with Crippen molar-refractivity contribution in [2.24, 2.45) is 0 Å². The highest BCUT2D eigenvalue weighted by Gasteiger charge is 2.11. The molecule has 2 amide bonds. The van der Waals surface area contributed by atoms with Crippen LogP contribution in [0.2, 0.25) is 0 Å². The van der Waals surface area contributed by atoms with E-state index in [1.54, 1.807) is 24.9 Å². The van der Waals surface area contributed by atoms with Gasteiger partial charge in [-0.25, -0.2) is 4.79 Å². The molecule has 0 aliphatic rings. The number of carbonyl (C=O) groups is 1. The van der Waals surface area contributed by atoms with Crippen LogP contribution in [0.1, 0.15) is 36.7 Å². The third-order valence-electron chi connectivity index (χ3n) is 3.28. The summed E-state index contributed by atoms with van der Waals surface area (Å²) in [6.45, 7) is 6.65. The highest BCUT2D eigenvalue weighted by atomic mass is 16.5. The van der Waals surface area contributed by atoms with Crippen LogP contribution in [-0.4, -0.2) is 23.1 Å². The number of nitrogens with zero attached hydrogens (tertiary/aromatic N) is 2. The van der Waals surface area contributed by atoms with Crippen LogP contribution in [0.3, 0.4) is 0 Å². The second kappa shape index (κ2) is 6.43. The first-order valence-corrected chi connectivity index (χ1v) is 7.00. The van der Waals surface area contributed by atoms with E-state index in [4.69, 9.17) is 4.52 Å². The van der Waals surface area contributed by atoms with Gasteiger partial charge < -0.3 is 9.42 Å². The molecule has 1 N–H and O–H groups in total. The van der Waals surface area contributed by atoms with Gasteiger partial charge in [0.25, 0.3) is 0 Å². The SMILES string of the molecule is Cc1cc(NC(=O)N(C)Cc2ccc(C(C)C)cc2)no1. The molecule has 112 valence electrons. The van der Waals surface area contributed by atoms with E-state index in [2.05, 4.69) is 48.6 Å². The first-order chi connectivity index (χ1) is 9.95. The summed E-state index contributed by atoms with van der Waals surface area (Å²) in [6.07, 6.45) is 0. The Morgan fingerprint density at radius 2 is 2.00 bits per heavy atom. The van der Waals surface area contributed by atoms with Crippen molar-refractivity contribution in [3.05, 3.63) is 47.2 Å². The number of carbonyl (C=O) groups excluding carboxylic acids is 1. The Hall–Kier alpha value is -2.30. The fraction of sp³-hybridized carbons (Fsp3) is 0.375. The largest absolute Gasteiger partial charge is 0.360 e. The van der Waals surface area contributed by atoms with Crippen molar-refractivity contribution in [1.82, 2.24) is 10.1 Å².